The van der Waals surface area contributed by atoms with Gasteiger partial charge in [0, 0.05) is 22.0 Å². The maximum absolute atomic E-state index is 13.9. The van der Waals surface area contributed by atoms with E-state index in [1.54, 1.807) is 5.38 Å². The average Bonchev–Trinajstić information content (AvgIpc) is 3.26. The van der Waals surface area contributed by atoms with Crippen molar-refractivity contribution in [2.24, 2.45) is 0 Å². The van der Waals surface area contributed by atoms with E-state index >= 15 is 0 Å². The number of aliphatic hydroxyl groups is 4. The fourth-order valence-electron chi connectivity index (χ4n) is 3.68. The Labute approximate surface area is 182 Å². The molecule has 0 saturated carbocycles. The summed E-state index contributed by atoms with van der Waals surface area (Å²) in [5.41, 5.74) is -3.13. The first-order chi connectivity index (χ1) is 15.1. The molecule has 1 aliphatic rings. The molecule has 12 heteroatoms. The third-order valence-corrected chi connectivity index (χ3v) is 6.08. The Morgan fingerprint density at radius 1 is 1.12 bits per heavy atom. The lowest BCUT2D eigenvalue weighted by molar-refractivity contribution is -0.245. The molecule has 32 heavy (non-hydrogen) atoms. The van der Waals surface area contributed by atoms with Gasteiger partial charge in [-0.1, -0.05) is 6.07 Å². The van der Waals surface area contributed by atoms with Crippen molar-refractivity contribution >= 4 is 28.0 Å². The third-order valence-electron chi connectivity index (χ3n) is 5.19. The van der Waals surface area contributed by atoms with Crippen LogP contribution in [0, 0.1) is 0 Å². The highest BCUT2D eigenvalue weighted by atomic mass is 32.1. The highest BCUT2D eigenvalue weighted by molar-refractivity contribution is 7.13. The molecule has 0 spiro atoms. The quantitative estimate of drug-likeness (QED) is 0.362. The van der Waals surface area contributed by atoms with Gasteiger partial charge < -0.3 is 34.9 Å². The van der Waals surface area contributed by atoms with Crippen molar-refractivity contribution in [3.8, 4) is 10.4 Å². The summed E-state index contributed by atoms with van der Waals surface area (Å²) in [6, 6.07) is 5.12. The maximum atomic E-state index is 13.9. The minimum atomic E-state index is -4.84. The molecule has 1 aromatic carbocycles. The molecule has 8 nitrogen and oxygen atoms in total. The van der Waals surface area contributed by atoms with Crippen LogP contribution in [0.2, 0.25) is 0 Å². The third kappa shape index (κ3) is 4.00. The first-order valence-electron chi connectivity index (χ1n) is 9.41. The zero-order chi connectivity index (χ0) is 23.2. The molecule has 0 radical (unpaired) electrons. The molecule has 172 valence electrons. The van der Waals surface area contributed by atoms with Crippen molar-refractivity contribution in [1.82, 2.24) is 0 Å². The first kappa shape index (κ1) is 22.7. The number of anilines is 1. The maximum Gasteiger partial charge on any atom is 0.418 e. The van der Waals surface area contributed by atoms with Crippen molar-refractivity contribution in [3.05, 3.63) is 51.7 Å². The summed E-state index contributed by atoms with van der Waals surface area (Å²) in [7, 11) is 0. The predicted octanol–water partition coefficient (Wildman–Crippen LogP) is 1.75. The number of thiophene rings is 1. The molecular formula is C20H18F3NO7S. The fourth-order valence-corrected chi connectivity index (χ4v) is 4.44. The lowest BCUT2D eigenvalue weighted by atomic mass is 9.96. The topological polar surface area (TPSA) is 132 Å². The normalized spacial score (nSPS) is 26.4. The Bertz CT molecular complexity index is 1160. The van der Waals surface area contributed by atoms with Crippen LogP contribution in [0.15, 0.2) is 44.9 Å². The van der Waals surface area contributed by atoms with Crippen LogP contribution >= 0.6 is 11.3 Å². The van der Waals surface area contributed by atoms with E-state index in [0.29, 0.717) is 0 Å². The van der Waals surface area contributed by atoms with E-state index in [1.165, 1.54) is 18.2 Å². The van der Waals surface area contributed by atoms with Crippen molar-refractivity contribution in [1.29, 1.82) is 0 Å². The van der Waals surface area contributed by atoms with Gasteiger partial charge in [0.25, 0.3) is 0 Å². The predicted molar refractivity (Wildman–Crippen MR) is 108 cm³/mol. The molecule has 4 rings (SSSR count). The lowest BCUT2D eigenvalue weighted by Gasteiger charge is -2.40. The van der Waals surface area contributed by atoms with Crippen LogP contribution in [0.3, 0.4) is 0 Å². The Morgan fingerprint density at radius 2 is 1.88 bits per heavy atom. The van der Waals surface area contributed by atoms with Gasteiger partial charge in [-0.05, 0) is 23.6 Å². The van der Waals surface area contributed by atoms with E-state index in [0.717, 1.165) is 23.5 Å². The second-order valence-corrected chi connectivity index (χ2v) is 8.17. The van der Waals surface area contributed by atoms with Gasteiger partial charge in [-0.3, -0.25) is 0 Å². The van der Waals surface area contributed by atoms with Crippen LogP contribution < -0.4 is 10.9 Å². The van der Waals surface area contributed by atoms with E-state index in [-0.39, 0.29) is 21.5 Å². The Hall–Kier alpha value is -2.48. The van der Waals surface area contributed by atoms with Crippen LogP contribution in [0.1, 0.15) is 5.56 Å². The summed E-state index contributed by atoms with van der Waals surface area (Å²) in [5, 5.41) is 43.3. The number of hydrogen-bond acceptors (Lipinski definition) is 9. The standard InChI is InChI=1S/C20H18F3NO7S/c21-20(22,23)14-9-4-3-8(24-15-17(27)16(26)11(7-25)31-19(15)29)6-10(9)30-18(28)13(14)12-2-1-5-32-12/h1-6,11,15-17,19,24-27,29H,7H2/t11?,15?,16-,17-,19?/m1/s1. The smallest absolute Gasteiger partial charge is 0.418 e. The van der Waals surface area contributed by atoms with Gasteiger partial charge in [0.05, 0.1) is 17.7 Å². The van der Waals surface area contributed by atoms with Gasteiger partial charge >= 0.3 is 11.8 Å². The summed E-state index contributed by atoms with van der Waals surface area (Å²) >= 11 is 0.975. The minimum absolute atomic E-state index is 0.0963. The molecule has 0 aliphatic carbocycles. The molecular weight excluding hydrogens is 455 g/mol. The fraction of sp³-hybridized carbons (Fsp3) is 0.350. The molecule has 3 heterocycles. The number of nitrogens with one attached hydrogen (secondary N) is 1. The number of alkyl halides is 3. The van der Waals surface area contributed by atoms with E-state index < -0.39 is 60.2 Å². The van der Waals surface area contributed by atoms with Crippen molar-refractivity contribution in [2.75, 3.05) is 11.9 Å². The van der Waals surface area contributed by atoms with Crippen LogP contribution in [-0.2, 0) is 10.9 Å². The number of rotatable bonds is 4. The number of ether oxygens (including phenoxy) is 1. The minimum Gasteiger partial charge on any atom is -0.422 e. The molecule has 1 aliphatic heterocycles. The molecule has 3 aromatic rings. The molecule has 1 saturated heterocycles. The highest BCUT2D eigenvalue weighted by Crippen LogP contribution is 2.41. The molecule has 2 aromatic heterocycles. The largest absolute Gasteiger partial charge is 0.422 e. The van der Waals surface area contributed by atoms with Crippen LogP contribution in [-0.4, -0.2) is 57.7 Å². The van der Waals surface area contributed by atoms with Crippen LogP contribution in [0.25, 0.3) is 21.4 Å². The van der Waals surface area contributed by atoms with Crippen molar-refractivity contribution < 1.29 is 42.8 Å². The zero-order valence-electron chi connectivity index (χ0n) is 16.1. The number of hydrogen-bond donors (Lipinski definition) is 5. The molecule has 5 atom stereocenters. The van der Waals surface area contributed by atoms with Gasteiger partial charge in [-0.15, -0.1) is 11.3 Å². The summed E-state index contributed by atoms with van der Waals surface area (Å²) in [4.78, 5) is 12.6. The number of aliphatic hydroxyl groups excluding tert-OH is 4. The second kappa shape index (κ2) is 8.46. The first-order valence-corrected chi connectivity index (χ1v) is 10.3. The summed E-state index contributed by atoms with van der Waals surface area (Å²) in [6.45, 7) is -0.643. The number of halogens is 3. The zero-order valence-corrected chi connectivity index (χ0v) is 16.9. The van der Waals surface area contributed by atoms with Gasteiger partial charge in [-0.25, -0.2) is 4.79 Å². The van der Waals surface area contributed by atoms with E-state index in [4.69, 9.17) is 14.3 Å². The van der Waals surface area contributed by atoms with E-state index in [9.17, 15) is 33.3 Å². The van der Waals surface area contributed by atoms with Gasteiger partial charge in [-0.2, -0.15) is 13.2 Å². The molecule has 3 unspecified atom stereocenters. The summed E-state index contributed by atoms with van der Waals surface area (Å²) in [6.07, 6.45) is -10.8. The monoisotopic (exact) mass is 473 g/mol. The molecule has 1 fully saturated rings. The van der Waals surface area contributed by atoms with Crippen LogP contribution in [0.4, 0.5) is 18.9 Å². The van der Waals surface area contributed by atoms with Crippen molar-refractivity contribution in [3.63, 3.8) is 0 Å². The molecule has 5 N–H and O–H groups in total. The van der Waals surface area contributed by atoms with Crippen LogP contribution in [0.5, 0.6) is 0 Å². The van der Waals surface area contributed by atoms with E-state index in [2.05, 4.69) is 5.32 Å². The molecule has 0 amide bonds. The van der Waals surface area contributed by atoms with Crippen molar-refractivity contribution in [2.45, 2.75) is 36.8 Å². The Kier molecular flexibility index (Phi) is 6.00. The average molecular weight is 473 g/mol. The van der Waals surface area contributed by atoms with Gasteiger partial charge in [0.1, 0.15) is 29.9 Å². The number of fused-ring (bicyclic) bond motifs is 1. The Morgan fingerprint density at radius 3 is 2.50 bits per heavy atom. The highest BCUT2D eigenvalue weighted by Gasteiger charge is 2.44. The van der Waals surface area contributed by atoms with Gasteiger partial charge in [0.15, 0.2) is 6.29 Å². The second-order valence-electron chi connectivity index (χ2n) is 7.22. The Balaban J connectivity index is 1.76. The van der Waals surface area contributed by atoms with Gasteiger partial charge in [0.2, 0.25) is 0 Å². The molecule has 0 bridgehead atoms. The number of benzene rings is 1. The summed E-state index contributed by atoms with van der Waals surface area (Å²) in [5.74, 6) is 0. The SMILES string of the molecule is O=c1oc2cc(NC3C(O)OC(CO)[C@@H](O)[C@@H]3O)ccc2c(C(F)(F)F)c1-c1cccs1. The summed E-state index contributed by atoms with van der Waals surface area (Å²) < 4.78 is 52.0. The van der Waals surface area contributed by atoms with E-state index in [1.807, 2.05) is 0 Å². The lowest BCUT2D eigenvalue weighted by Crippen LogP contribution is -2.61.